The SMILES string of the molecule is Cc1cccc(NC(=O)CN2CCc3ccccc3[C@H]2C(=O)N2CCCCC2)c1. The molecule has 0 aliphatic carbocycles. The van der Waals surface area contributed by atoms with E-state index in [1.807, 2.05) is 59.2 Å². The van der Waals surface area contributed by atoms with Crippen molar-refractivity contribution in [1.82, 2.24) is 9.80 Å². The topological polar surface area (TPSA) is 52.7 Å². The van der Waals surface area contributed by atoms with E-state index in [0.717, 1.165) is 49.2 Å². The molecule has 5 nitrogen and oxygen atoms in total. The van der Waals surface area contributed by atoms with Crippen LogP contribution in [-0.4, -0.2) is 47.8 Å². The van der Waals surface area contributed by atoms with Crippen molar-refractivity contribution >= 4 is 17.5 Å². The Bertz CT molecular complexity index is 889. The van der Waals surface area contributed by atoms with Gasteiger partial charge < -0.3 is 10.2 Å². The minimum Gasteiger partial charge on any atom is -0.341 e. The van der Waals surface area contributed by atoms with E-state index >= 15 is 0 Å². The molecule has 1 atom stereocenters. The van der Waals surface area contributed by atoms with E-state index in [1.54, 1.807) is 0 Å². The molecule has 0 saturated carbocycles. The Hall–Kier alpha value is -2.66. The zero-order chi connectivity index (χ0) is 20.2. The number of rotatable bonds is 4. The van der Waals surface area contributed by atoms with Crippen LogP contribution in [-0.2, 0) is 16.0 Å². The van der Waals surface area contributed by atoms with Crippen LogP contribution in [0.4, 0.5) is 5.69 Å². The summed E-state index contributed by atoms with van der Waals surface area (Å²) in [5, 5.41) is 2.99. The lowest BCUT2D eigenvalue weighted by Gasteiger charge is -2.39. The van der Waals surface area contributed by atoms with Crippen molar-refractivity contribution in [1.29, 1.82) is 0 Å². The fourth-order valence-corrected chi connectivity index (χ4v) is 4.47. The number of amides is 2. The number of hydrogen-bond donors (Lipinski definition) is 1. The molecule has 0 radical (unpaired) electrons. The highest BCUT2D eigenvalue weighted by atomic mass is 16.2. The van der Waals surface area contributed by atoms with Crippen LogP contribution in [0.3, 0.4) is 0 Å². The molecule has 0 spiro atoms. The summed E-state index contributed by atoms with van der Waals surface area (Å²) < 4.78 is 0. The smallest absolute Gasteiger partial charge is 0.244 e. The molecule has 2 aromatic rings. The highest BCUT2D eigenvalue weighted by Gasteiger charge is 2.36. The van der Waals surface area contributed by atoms with Gasteiger partial charge in [0.15, 0.2) is 0 Å². The Morgan fingerprint density at radius 2 is 1.79 bits per heavy atom. The molecule has 0 aromatic heterocycles. The average Bonchev–Trinajstić information content (AvgIpc) is 2.74. The summed E-state index contributed by atoms with van der Waals surface area (Å²) in [4.78, 5) is 30.3. The molecule has 0 unspecified atom stereocenters. The van der Waals surface area contributed by atoms with E-state index < -0.39 is 0 Å². The van der Waals surface area contributed by atoms with Crippen molar-refractivity contribution < 1.29 is 9.59 Å². The van der Waals surface area contributed by atoms with Gasteiger partial charge in [-0.1, -0.05) is 36.4 Å². The molecule has 0 bridgehead atoms. The number of nitrogens with zero attached hydrogens (tertiary/aromatic N) is 2. The molecule has 2 aromatic carbocycles. The van der Waals surface area contributed by atoms with Gasteiger partial charge in [-0.05, 0) is 61.4 Å². The van der Waals surface area contributed by atoms with E-state index in [4.69, 9.17) is 0 Å². The second-order valence-electron chi connectivity index (χ2n) is 8.13. The normalized spacial score (nSPS) is 19.5. The molecule has 2 aliphatic rings. The third kappa shape index (κ3) is 4.51. The molecule has 2 aliphatic heterocycles. The van der Waals surface area contributed by atoms with Gasteiger partial charge in [-0.2, -0.15) is 0 Å². The summed E-state index contributed by atoms with van der Waals surface area (Å²) in [5.74, 6) is 0.0617. The molecule has 152 valence electrons. The van der Waals surface area contributed by atoms with E-state index in [9.17, 15) is 9.59 Å². The predicted molar refractivity (Wildman–Crippen MR) is 115 cm³/mol. The van der Waals surface area contributed by atoms with Gasteiger partial charge in [0.25, 0.3) is 0 Å². The maximum atomic E-state index is 13.5. The highest BCUT2D eigenvalue weighted by Crippen LogP contribution is 2.32. The van der Waals surface area contributed by atoms with Crippen LogP contribution in [0.5, 0.6) is 0 Å². The largest absolute Gasteiger partial charge is 0.341 e. The lowest BCUT2D eigenvalue weighted by Crippen LogP contribution is -2.49. The first-order valence-corrected chi connectivity index (χ1v) is 10.6. The third-order valence-corrected chi connectivity index (χ3v) is 5.93. The van der Waals surface area contributed by atoms with Gasteiger partial charge in [0.2, 0.25) is 11.8 Å². The fraction of sp³-hybridized carbons (Fsp3) is 0.417. The molecule has 1 N–H and O–H groups in total. The van der Waals surface area contributed by atoms with Crippen LogP contribution in [0.15, 0.2) is 48.5 Å². The molecule has 5 heteroatoms. The Labute approximate surface area is 172 Å². The van der Waals surface area contributed by atoms with Crippen LogP contribution < -0.4 is 5.32 Å². The van der Waals surface area contributed by atoms with Crippen LogP contribution in [0.2, 0.25) is 0 Å². The molecule has 4 rings (SSSR count). The number of anilines is 1. The van der Waals surface area contributed by atoms with Crippen molar-refractivity contribution in [2.75, 3.05) is 31.5 Å². The Kier molecular flexibility index (Phi) is 5.95. The molecule has 2 amide bonds. The summed E-state index contributed by atoms with van der Waals surface area (Å²) in [6.07, 6.45) is 4.17. The summed E-state index contributed by atoms with van der Waals surface area (Å²) in [5.41, 5.74) is 4.18. The van der Waals surface area contributed by atoms with Crippen LogP contribution in [0, 0.1) is 6.92 Å². The zero-order valence-corrected chi connectivity index (χ0v) is 17.1. The Morgan fingerprint density at radius 1 is 1.00 bits per heavy atom. The van der Waals surface area contributed by atoms with Crippen LogP contribution >= 0.6 is 0 Å². The van der Waals surface area contributed by atoms with Gasteiger partial charge in [-0.25, -0.2) is 0 Å². The quantitative estimate of drug-likeness (QED) is 0.867. The number of aryl methyl sites for hydroxylation is 1. The lowest BCUT2D eigenvalue weighted by molar-refractivity contribution is -0.139. The van der Waals surface area contributed by atoms with Crippen LogP contribution in [0.1, 0.15) is 42.0 Å². The number of likely N-dealkylation sites (tertiary alicyclic amines) is 1. The summed E-state index contributed by atoms with van der Waals surface area (Å²) in [6, 6.07) is 15.6. The van der Waals surface area contributed by atoms with Crippen molar-refractivity contribution in [3.8, 4) is 0 Å². The predicted octanol–water partition coefficient (Wildman–Crippen LogP) is 3.55. The summed E-state index contributed by atoms with van der Waals surface area (Å²) in [6.45, 7) is 4.57. The van der Waals surface area contributed by atoms with E-state index in [1.165, 1.54) is 12.0 Å². The molecular formula is C24H29N3O2. The first kappa shape index (κ1) is 19.6. The maximum absolute atomic E-state index is 13.5. The van der Waals surface area contributed by atoms with Crippen molar-refractivity contribution in [2.24, 2.45) is 0 Å². The van der Waals surface area contributed by atoms with Gasteiger partial charge in [0, 0.05) is 25.3 Å². The van der Waals surface area contributed by atoms with Gasteiger partial charge in [0.05, 0.1) is 6.54 Å². The number of piperidine rings is 1. The number of hydrogen-bond acceptors (Lipinski definition) is 3. The van der Waals surface area contributed by atoms with Gasteiger partial charge in [0.1, 0.15) is 6.04 Å². The number of carbonyl (C=O) groups is 2. The highest BCUT2D eigenvalue weighted by molar-refractivity contribution is 5.93. The summed E-state index contributed by atoms with van der Waals surface area (Å²) >= 11 is 0. The van der Waals surface area contributed by atoms with Crippen molar-refractivity contribution in [3.05, 3.63) is 65.2 Å². The van der Waals surface area contributed by atoms with Crippen molar-refractivity contribution in [2.45, 2.75) is 38.6 Å². The minimum atomic E-state index is -0.374. The molecule has 29 heavy (non-hydrogen) atoms. The standard InChI is InChI=1S/C24H29N3O2/c1-18-8-7-10-20(16-18)25-22(28)17-27-15-12-19-9-3-4-11-21(19)23(27)24(29)26-13-5-2-6-14-26/h3-4,7-11,16,23H,2,5-6,12-15,17H2,1H3,(H,25,28)/t23-/m0/s1. The average molecular weight is 392 g/mol. The summed E-state index contributed by atoms with van der Waals surface area (Å²) in [7, 11) is 0. The van der Waals surface area contributed by atoms with E-state index in [0.29, 0.717) is 6.54 Å². The number of fused-ring (bicyclic) bond motifs is 1. The molecular weight excluding hydrogens is 362 g/mol. The maximum Gasteiger partial charge on any atom is 0.244 e. The molecule has 1 fully saturated rings. The van der Waals surface area contributed by atoms with Gasteiger partial charge in [-0.15, -0.1) is 0 Å². The molecule has 2 heterocycles. The third-order valence-electron chi connectivity index (χ3n) is 5.93. The second kappa shape index (κ2) is 8.78. The monoisotopic (exact) mass is 391 g/mol. The number of benzene rings is 2. The van der Waals surface area contributed by atoms with E-state index in [-0.39, 0.29) is 24.4 Å². The Morgan fingerprint density at radius 3 is 2.59 bits per heavy atom. The lowest BCUT2D eigenvalue weighted by atomic mass is 9.91. The molecule has 1 saturated heterocycles. The Balaban J connectivity index is 1.54. The van der Waals surface area contributed by atoms with Gasteiger partial charge in [-0.3, -0.25) is 14.5 Å². The first-order chi connectivity index (χ1) is 14.1. The number of nitrogens with one attached hydrogen (secondary N) is 1. The number of carbonyl (C=O) groups excluding carboxylic acids is 2. The van der Waals surface area contributed by atoms with Crippen LogP contribution in [0.25, 0.3) is 0 Å². The minimum absolute atomic E-state index is 0.0774. The first-order valence-electron chi connectivity index (χ1n) is 10.6. The zero-order valence-electron chi connectivity index (χ0n) is 17.1. The second-order valence-corrected chi connectivity index (χ2v) is 8.13. The van der Waals surface area contributed by atoms with Gasteiger partial charge >= 0.3 is 0 Å². The fourth-order valence-electron chi connectivity index (χ4n) is 4.47. The van der Waals surface area contributed by atoms with Crippen molar-refractivity contribution in [3.63, 3.8) is 0 Å². The van der Waals surface area contributed by atoms with E-state index in [2.05, 4.69) is 11.4 Å².